The van der Waals surface area contributed by atoms with E-state index in [1.54, 1.807) is 0 Å². The summed E-state index contributed by atoms with van der Waals surface area (Å²) in [6.07, 6.45) is 0. The quantitative estimate of drug-likeness (QED) is 0.558. The number of nitrogens with zero attached hydrogens (tertiary/aromatic N) is 1. The Morgan fingerprint density at radius 3 is 3.15 bits per heavy atom. The molecule has 5 nitrogen and oxygen atoms in total. The lowest BCUT2D eigenvalue weighted by molar-refractivity contribution is -0.131. The van der Waals surface area contributed by atoms with Crippen LogP contribution in [0.2, 0.25) is 0 Å². The molecule has 0 spiro atoms. The van der Waals surface area contributed by atoms with Crippen molar-refractivity contribution in [3.05, 3.63) is 0 Å². The Hall–Kier alpha value is -0.650. The molecule has 1 rings (SSSR count). The third-order valence-electron chi connectivity index (χ3n) is 2.14. The molecule has 1 atom stereocenters. The summed E-state index contributed by atoms with van der Waals surface area (Å²) < 4.78 is 5.22. The molecule has 0 aliphatic carbocycles. The fourth-order valence-corrected chi connectivity index (χ4v) is 1.28. The van der Waals surface area contributed by atoms with Crippen LogP contribution in [0.1, 0.15) is 0 Å². The van der Waals surface area contributed by atoms with E-state index in [0.29, 0.717) is 26.3 Å². The van der Waals surface area contributed by atoms with E-state index in [-0.39, 0.29) is 11.9 Å². The van der Waals surface area contributed by atoms with E-state index in [0.717, 1.165) is 6.54 Å². The first kappa shape index (κ1) is 10.4. The summed E-state index contributed by atoms with van der Waals surface area (Å²) in [5, 5.41) is 2.75. The maximum atomic E-state index is 11.5. The molecule has 1 heterocycles. The average molecular weight is 187 g/mol. The minimum atomic E-state index is -0.153. The second-order valence-electron chi connectivity index (χ2n) is 3.15. The van der Waals surface area contributed by atoms with E-state index in [1.165, 1.54) is 0 Å². The zero-order valence-electron chi connectivity index (χ0n) is 7.95. The third kappa shape index (κ3) is 2.95. The minimum Gasteiger partial charge on any atom is -0.378 e. The van der Waals surface area contributed by atoms with Crippen LogP contribution in [0.25, 0.3) is 0 Å². The number of hydrogen-bond acceptors (Lipinski definition) is 4. The van der Waals surface area contributed by atoms with Gasteiger partial charge in [-0.15, -0.1) is 0 Å². The maximum Gasteiger partial charge on any atom is 0.239 e. The molecule has 0 saturated carbocycles. The number of amides is 1. The predicted octanol–water partition coefficient (Wildman–Crippen LogP) is -1.61. The number of carbonyl (C=O) groups excluding carboxylic acids is 1. The van der Waals surface area contributed by atoms with Gasteiger partial charge in [-0.2, -0.15) is 0 Å². The summed E-state index contributed by atoms with van der Waals surface area (Å²) in [7, 11) is 1.93. The van der Waals surface area contributed by atoms with Gasteiger partial charge in [-0.3, -0.25) is 9.69 Å². The summed E-state index contributed by atoms with van der Waals surface area (Å²) in [5.41, 5.74) is 5.28. The number of rotatable bonds is 3. The highest BCUT2D eigenvalue weighted by atomic mass is 16.5. The molecule has 1 fully saturated rings. The second kappa shape index (κ2) is 5.16. The Labute approximate surface area is 78.2 Å². The zero-order chi connectivity index (χ0) is 9.68. The van der Waals surface area contributed by atoms with Crippen LogP contribution in [0.3, 0.4) is 0 Å². The molecular formula is C8H17N3O2. The fraction of sp³-hybridized carbons (Fsp3) is 0.875. The van der Waals surface area contributed by atoms with Crippen LogP contribution in [0.5, 0.6) is 0 Å². The molecule has 1 aliphatic rings. The van der Waals surface area contributed by atoms with Crippen molar-refractivity contribution >= 4 is 5.91 Å². The van der Waals surface area contributed by atoms with E-state index >= 15 is 0 Å². The van der Waals surface area contributed by atoms with Crippen molar-refractivity contribution < 1.29 is 9.53 Å². The molecule has 0 bridgehead atoms. The van der Waals surface area contributed by atoms with Gasteiger partial charge in [-0.05, 0) is 7.05 Å². The Kier molecular flexibility index (Phi) is 4.14. The first-order chi connectivity index (χ1) is 6.25. The molecule has 13 heavy (non-hydrogen) atoms. The van der Waals surface area contributed by atoms with Gasteiger partial charge in [-0.1, -0.05) is 0 Å². The lowest BCUT2D eigenvalue weighted by Gasteiger charge is -2.31. The van der Waals surface area contributed by atoms with E-state index < -0.39 is 0 Å². The van der Waals surface area contributed by atoms with Gasteiger partial charge in [0.2, 0.25) is 5.91 Å². The van der Waals surface area contributed by atoms with Crippen LogP contribution in [0.4, 0.5) is 0 Å². The van der Waals surface area contributed by atoms with Crippen LogP contribution < -0.4 is 11.1 Å². The highest BCUT2D eigenvalue weighted by molar-refractivity contribution is 5.81. The van der Waals surface area contributed by atoms with Crippen LogP contribution in [0.15, 0.2) is 0 Å². The molecule has 5 heteroatoms. The molecular weight excluding hydrogens is 170 g/mol. The summed E-state index contributed by atoms with van der Waals surface area (Å²) in [4.78, 5) is 13.5. The first-order valence-electron chi connectivity index (χ1n) is 4.51. The number of likely N-dealkylation sites (N-methyl/N-ethyl adjacent to an activating group) is 1. The number of ether oxygens (including phenoxy) is 1. The number of carbonyl (C=O) groups is 1. The van der Waals surface area contributed by atoms with Crippen LogP contribution in [0, 0.1) is 0 Å². The van der Waals surface area contributed by atoms with Gasteiger partial charge in [0.15, 0.2) is 0 Å². The van der Waals surface area contributed by atoms with Crippen LogP contribution in [-0.4, -0.2) is 56.7 Å². The third-order valence-corrected chi connectivity index (χ3v) is 2.14. The van der Waals surface area contributed by atoms with Gasteiger partial charge in [0.1, 0.15) is 6.04 Å². The normalized spacial score (nSPS) is 24.3. The van der Waals surface area contributed by atoms with Gasteiger partial charge >= 0.3 is 0 Å². The molecule has 1 unspecified atom stereocenters. The number of nitrogens with two attached hydrogens (primary N) is 1. The smallest absolute Gasteiger partial charge is 0.239 e. The largest absolute Gasteiger partial charge is 0.378 e. The van der Waals surface area contributed by atoms with Crippen molar-refractivity contribution in [3.8, 4) is 0 Å². The standard InChI is InChI=1S/C8H17N3O2/c1-11-4-5-13-6-7(11)8(12)10-3-2-9/h7H,2-6,9H2,1H3,(H,10,12). The van der Waals surface area contributed by atoms with Gasteiger partial charge in [-0.25, -0.2) is 0 Å². The van der Waals surface area contributed by atoms with Crippen molar-refractivity contribution in [2.24, 2.45) is 5.73 Å². The van der Waals surface area contributed by atoms with E-state index in [1.807, 2.05) is 11.9 Å². The van der Waals surface area contributed by atoms with Crippen molar-refractivity contribution in [1.82, 2.24) is 10.2 Å². The van der Waals surface area contributed by atoms with Crippen molar-refractivity contribution in [2.75, 3.05) is 39.9 Å². The Balaban J connectivity index is 2.35. The topological polar surface area (TPSA) is 67.6 Å². The molecule has 0 radical (unpaired) electrons. The Morgan fingerprint density at radius 1 is 1.77 bits per heavy atom. The summed E-state index contributed by atoms with van der Waals surface area (Å²) in [6, 6.07) is -0.153. The van der Waals surface area contributed by atoms with E-state index in [4.69, 9.17) is 10.5 Å². The van der Waals surface area contributed by atoms with Crippen molar-refractivity contribution in [3.63, 3.8) is 0 Å². The van der Waals surface area contributed by atoms with Gasteiger partial charge in [0.05, 0.1) is 13.2 Å². The first-order valence-corrected chi connectivity index (χ1v) is 4.51. The Bertz CT molecular complexity index is 175. The van der Waals surface area contributed by atoms with Gasteiger partial charge < -0.3 is 15.8 Å². The zero-order valence-corrected chi connectivity index (χ0v) is 7.95. The summed E-state index contributed by atoms with van der Waals surface area (Å²) in [6.45, 7) is 3.00. The lowest BCUT2D eigenvalue weighted by Crippen LogP contribution is -2.52. The van der Waals surface area contributed by atoms with Crippen LogP contribution >= 0.6 is 0 Å². The number of morpholine rings is 1. The Morgan fingerprint density at radius 2 is 2.54 bits per heavy atom. The lowest BCUT2D eigenvalue weighted by atomic mass is 10.2. The van der Waals surface area contributed by atoms with Gasteiger partial charge in [0, 0.05) is 19.6 Å². The molecule has 1 amide bonds. The maximum absolute atomic E-state index is 11.5. The summed E-state index contributed by atoms with van der Waals surface area (Å²) in [5.74, 6) is 0.00708. The fourth-order valence-electron chi connectivity index (χ4n) is 1.28. The molecule has 0 aromatic heterocycles. The molecule has 0 aromatic rings. The second-order valence-corrected chi connectivity index (χ2v) is 3.15. The van der Waals surface area contributed by atoms with E-state index in [2.05, 4.69) is 5.32 Å². The van der Waals surface area contributed by atoms with E-state index in [9.17, 15) is 4.79 Å². The number of nitrogens with one attached hydrogen (secondary N) is 1. The molecule has 76 valence electrons. The molecule has 0 aromatic carbocycles. The minimum absolute atomic E-state index is 0.00708. The van der Waals surface area contributed by atoms with Gasteiger partial charge in [0.25, 0.3) is 0 Å². The predicted molar refractivity (Wildman–Crippen MR) is 49.3 cm³/mol. The van der Waals surface area contributed by atoms with Crippen LogP contribution in [-0.2, 0) is 9.53 Å². The monoisotopic (exact) mass is 187 g/mol. The highest BCUT2D eigenvalue weighted by Crippen LogP contribution is 2.03. The SMILES string of the molecule is CN1CCOCC1C(=O)NCCN. The molecule has 1 saturated heterocycles. The van der Waals surface area contributed by atoms with Crippen molar-refractivity contribution in [1.29, 1.82) is 0 Å². The number of hydrogen-bond donors (Lipinski definition) is 2. The summed E-state index contributed by atoms with van der Waals surface area (Å²) >= 11 is 0. The average Bonchev–Trinajstić information content (AvgIpc) is 2.15. The van der Waals surface area contributed by atoms with Crippen molar-refractivity contribution in [2.45, 2.75) is 6.04 Å². The molecule has 3 N–H and O–H groups in total. The highest BCUT2D eigenvalue weighted by Gasteiger charge is 2.25. The molecule has 1 aliphatic heterocycles.